The van der Waals surface area contributed by atoms with E-state index >= 15 is 0 Å². The Balaban J connectivity index is 1.40. The highest BCUT2D eigenvalue weighted by atomic mass is 79.9. The van der Waals surface area contributed by atoms with Gasteiger partial charge in [-0.1, -0.05) is 50.7 Å². The Morgan fingerprint density at radius 1 is 1.08 bits per heavy atom. The summed E-state index contributed by atoms with van der Waals surface area (Å²) in [6, 6.07) is 10.7. The van der Waals surface area contributed by atoms with Crippen LogP contribution in [0.1, 0.15) is 75.3 Å². The third-order valence-corrected chi connectivity index (χ3v) is 9.05. The zero-order valence-corrected chi connectivity index (χ0v) is 24.2. The molecule has 2 aromatic rings. The van der Waals surface area contributed by atoms with E-state index in [9.17, 15) is 9.18 Å². The van der Waals surface area contributed by atoms with E-state index in [0.717, 1.165) is 54.8 Å². The Hall–Kier alpha value is -2.32. The van der Waals surface area contributed by atoms with Gasteiger partial charge in [-0.05, 0) is 94.8 Å². The van der Waals surface area contributed by atoms with E-state index in [-0.39, 0.29) is 24.4 Å². The molecule has 0 bridgehead atoms. The van der Waals surface area contributed by atoms with Gasteiger partial charge in [0.15, 0.2) is 16.7 Å². The molecule has 0 aromatic heterocycles. The highest BCUT2D eigenvalue weighted by Gasteiger charge is 2.39. The highest BCUT2D eigenvalue weighted by molar-refractivity contribution is 9.10. The van der Waals surface area contributed by atoms with Crippen LogP contribution in [0.4, 0.5) is 4.39 Å². The lowest BCUT2D eigenvalue weighted by Crippen LogP contribution is -2.41. The van der Waals surface area contributed by atoms with Crippen molar-refractivity contribution in [2.75, 3.05) is 7.11 Å². The van der Waals surface area contributed by atoms with Gasteiger partial charge in [0, 0.05) is 6.04 Å². The molecule has 0 N–H and O–H groups in total. The molecule has 3 aliphatic rings. The van der Waals surface area contributed by atoms with E-state index in [2.05, 4.69) is 15.9 Å². The predicted molar refractivity (Wildman–Crippen MR) is 155 cm³/mol. The number of amides is 1. The third-order valence-electron chi connectivity index (χ3n) is 7.47. The number of hydrogen-bond donors (Lipinski definition) is 0. The Kier molecular flexibility index (Phi) is 9.10. The number of rotatable bonds is 7. The first-order valence-electron chi connectivity index (χ1n) is 13.6. The van der Waals surface area contributed by atoms with Gasteiger partial charge in [0.05, 0.1) is 22.5 Å². The number of carbonyl (C=O) groups excluding carboxylic acids is 1. The van der Waals surface area contributed by atoms with Crippen LogP contribution in [0.2, 0.25) is 0 Å². The minimum atomic E-state index is -0.300. The van der Waals surface area contributed by atoms with Gasteiger partial charge in [-0.2, -0.15) is 0 Å². The summed E-state index contributed by atoms with van der Waals surface area (Å²) in [7, 11) is 1.59. The summed E-state index contributed by atoms with van der Waals surface area (Å²) in [5.74, 6) is 0.829. The zero-order chi connectivity index (χ0) is 26.5. The van der Waals surface area contributed by atoms with Gasteiger partial charge in [0.25, 0.3) is 5.91 Å². The number of halogens is 2. The molecule has 0 spiro atoms. The molecule has 2 aliphatic carbocycles. The van der Waals surface area contributed by atoms with Crippen molar-refractivity contribution in [3.05, 3.63) is 62.7 Å². The van der Waals surface area contributed by atoms with Crippen molar-refractivity contribution in [2.45, 2.75) is 82.9 Å². The van der Waals surface area contributed by atoms with Gasteiger partial charge < -0.3 is 9.47 Å². The maximum absolute atomic E-state index is 13.7. The molecule has 5 nitrogen and oxygen atoms in total. The number of benzene rings is 2. The van der Waals surface area contributed by atoms with Crippen molar-refractivity contribution in [3.8, 4) is 11.5 Å². The Labute approximate surface area is 237 Å². The van der Waals surface area contributed by atoms with Crippen molar-refractivity contribution >= 4 is 44.8 Å². The first kappa shape index (κ1) is 27.3. The number of aliphatic imine (C=N–C) groups is 1. The molecule has 3 fully saturated rings. The molecular weight excluding hydrogens is 567 g/mol. The van der Waals surface area contributed by atoms with E-state index in [4.69, 9.17) is 14.5 Å². The summed E-state index contributed by atoms with van der Waals surface area (Å²) in [6.07, 6.45) is 13.5. The molecular formula is C30H34BrFN2O3S. The topological polar surface area (TPSA) is 51.1 Å². The number of methoxy groups -OCH3 is 1. The fourth-order valence-electron chi connectivity index (χ4n) is 5.50. The molecule has 0 atom stereocenters. The second-order valence-electron chi connectivity index (χ2n) is 10.2. The Morgan fingerprint density at radius 3 is 2.53 bits per heavy atom. The molecule has 8 heteroatoms. The molecule has 0 unspecified atom stereocenters. The number of nitrogens with zero attached hydrogens (tertiary/aromatic N) is 2. The van der Waals surface area contributed by atoms with Crippen LogP contribution in [-0.2, 0) is 11.4 Å². The van der Waals surface area contributed by atoms with Crippen LogP contribution in [-0.4, -0.2) is 35.2 Å². The Morgan fingerprint density at radius 2 is 1.82 bits per heavy atom. The van der Waals surface area contributed by atoms with Crippen LogP contribution in [0.3, 0.4) is 0 Å². The highest BCUT2D eigenvalue weighted by Crippen LogP contribution is 2.41. The van der Waals surface area contributed by atoms with Crippen molar-refractivity contribution in [1.29, 1.82) is 0 Å². The quantitative estimate of drug-likeness (QED) is 0.301. The second-order valence-corrected chi connectivity index (χ2v) is 12.1. The van der Waals surface area contributed by atoms with Crippen LogP contribution in [0.25, 0.3) is 6.08 Å². The lowest BCUT2D eigenvalue weighted by Gasteiger charge is -2.31. The van der Waals surface area contributed by atoms with Crippen molar-refractivity contribution in [1.82, 2.24) is 4.90 Å². The summed E-state index contributed by atoms with van der Waals surface area (Å²) >= 11 is 5.12. The van der Waals surface area contributed by atoms with E-state index < -0.39 is 0 Å². The first-order chi connectivity index (χ1) is 18.5. The number of thioether (sulfide) groups is 1. The molecule has 1 heterocycles. The van der Waals surface area contributed by atoms with Crippen LogP contribution in [0.15, 0.2) is 50.8 Å². The summed E-state index contributed by atoms with van der Waals surface area (Å²) in [6.45, 7) is 0.207. The SMILES string of the molecule is COc1cc(C=C2SC(=NC3CCCCC3)N(C3CCCCC3)C2=O)cc(Br)c1OCc1cccc(F)c1. The summed E-state index contributed by atoms with van der Waals surface area (Å²) < 4.78 is 25.9. The maximum atomic E-state index is 13.7. The molecule has 1 saturated heterocycles. The van der Waals surface area contributed by atoms with Crippen molar-refractivity contribution in [2.24, 2.45) is 4.99 Å². The normalized spacial score (nSPS) is 21.4. The average Bonchev–Trinajstić information content (AvgIpc) is 3.22. The van der Waals surface area contributed by atoms with Crippen LogP contribution in [0, 0.1) is 5.82 Å². The molecule has 202 valence electrons. The van der Waals surface area contributed by atoms with E-state index in [1.165, 1.54) is 49.6 Å². The number of amidine groups is 1. The molecule has 0 radical (unpaired) electrons. The van der Waals surface area contributed by atoms with Gasteiger partial charge in [-0.25, -0.2) is 4.39 Å². The number of carbonyl (C=O) groups is 1. The standard InChI is InChI=1S/C30H34BrFN2O3S/c1-36-26-17-21(16-25(31)28(26)37-19-20-9-8-10-22(32)15-20)18-27-29(35)34(24-13-6-3-7-14-24)30(38-27)33-23-11-4-2-5-12-23/h8-10,15-18,23-24H,2-7,11-14,19H2,1H3. The number of hydrogen-bond acceptors (Lipinski definition) is 5. The largest absolute Gasteiger partial charge is 0.493 e. The fourth-order valence-corrected chi connectivity index (χ4v) is 7.18. The van der Waals surface area contributed by atoms with Crippen LogP contribution in [0.5, 0.6) is 11.5 Å². The maximum Gasteiger partial charge on any atom is 0.266 e. The average molecular weight is 602 g/mol. The van der Waals surface area contributed by atoms with Gasteiger partial charge >= 0.3 is 0 Å². The monoisotopic (exact) mass is 600 g/mol. The van der Waals surface area contributed by atoms with Crippen molar-refractivity contribution < 1.29 is 18.7 Å². The lowest BCUT2D eigenvalue weighted by molar-refractivity contribution is -0.124. The van der Waals surface area contributed by atoms with Crippen LogP contribution >= 0.6 is 27.7 Å². The number of ether oxygens (including phenoxy) is 2. The van der Waals surface area contributed by atoms with Crippen LogP contribution < -0.4 is 9.47 Å². The fraction of sp³-hybridized carbons (Fsp3) is 0.467. The smallest absolute Gasteiger partial charge is 0.266 e. The molecule has 1 amide bonds. The zero-order valence-electron chi connectivity index (χ0n) is 21.8. The molecule has 2 saturated carbocycles. The molecule has 1 aliphatic heterocycles. The molecule has 2 aromatic carbocycles. The minimum absolute atomic E-state index is 0.0537. The van der Waals surface area contributed by atoms with Gasteiger partial charge in [-0.15, -0.1) is 0 Å². The van der Waals surface area contributed by atoms with E-state index in [1.54, 1.807) is 13.2 Å². The van der Waals surface area contributed by atoms with Crippen molar-refractivity contribution in [3.63, 3.8) is 0 Å². The van der Waals surface area contributed by atoms with Gasteiger partial charge in [0.1, 0.15) is 12.4 Å². The summed E-state index contributed by atoms with van der Waals surface area (Å²) in [5.41, 5.74) is 1.57. The van der Waals surface area contributed by atoms with E-state index in [1.807, 2.05) is 29.2 Å². The van der Waals surface area contributed by atoms with E-state index in [0.29, 0.717) is 26.9 Å². The Bertz CT molecular complexity index is 1220. The predicted octanol–water partition coefficient (Wildman–Crippen LogP) is 8.11. The van der Waals surface area contributed by atoms with Gasteiger partial charge in [-0.3, -0.25) is 14.7 Å². The molecule has 5 rings (SSSR count). The summed E-state index contributed by atoms with van der Waals surface area (Å²) in [4.78, 5) is 21.5. The lowest BCUT2D eigenvalue weighted by atomic mass is 9.94. The second kappa shape index (κ2) is 12.7. The summed E-state index contributed by atoms with van der Waals surface area (Å²) in [5, 5.41) is 0.876. The molecule has 38 heavy (non-hydrogen) atoms. The van der Waals surface area contributed by atoms with Gasteiger partial charge in [0.2, 0.25) is 0 Å². The third kappa shape index (κ3) is 6.45. The first-order valence-corrected chi connectivity index (χ1v) is 15.2. The minimum Gasteiger partial charge on any atom is -0.493 e.